The predicted octanol–water partition coefficient (Wildman–Crippen LogP) is 2.05. The van der Waals surface area contributed by atoms with Crippen LogP contribution >= 0.6 is 0 Å². The highest BCUT2D eigenvalue weighted by atomic mass is 16.4. The number of carbonyl (C=O) groups is 1. The van der Waals surface area contributed by atoms with Crippen molar-refractivity contribution in [1.82, 2.24) is 4.90 Å². The Morgan fingerprint density at radius 1 is 1.47 bits per heavy atom. The predicted molar refractivity (Wildman–Crippen MR) is 76.4 cm³/mol. The minimum atomic E-state index is -0.672. The highest BCUT2D eigenvalue weighted by molar-refractivity contribution is 5.71. The van der Waals surface area contributed by atoms with Gasteiger partial charge in [-0.2, -0.15) is 0 Å². The first-order valence-electron chi connectivity index (χ1n) is 6.77. The van der Waals surface area contributed by atoms with E-state index in [2.05, 4.69) is 34.1 Å². The average molecular weight is 262 g/mol. The zero-order valence-electron chi connectivity index (χ0n) is 11.7. The molecule has 0 amide bonds. The van der Waals surface area contributed by atoms with Gasteiger partial charge in [0.15, 0.2) is 0 Å². The van der Waals surface area contributed by atoms with Crippen LogP contribution < -0.4 is 4.90 Å². The van der Waals surface area contributed by atoms with Crippen LogP contribution in [0.2, 0.25) is 0 Å². The highest BCUT2D eigenvalue weighted by Crippen LogP contribution is 2.24. The third kappa shape index (κ3) is 3.70. The largest absolute Gasteiger partial charge is 0.481 e. The molecular formula is C15H22N2O2. The summed E-state index contributed by atoms with van der Waals surface area (Å²) in [6.45, 7) is 2.49. The Labute approximate surface area is 114 Å². The second kappa shape index (κ2) is 6.06. The van der Waals surface area contributed by atoms with Crippen molar-refractivity contribution in [3.8, 4) is 0 Å². The molecule has 1 atom stereocenters. The van der Waals surface area contributed by atoms with Crippen LogP contribution in [0.15, 0.2) is 24.3 Å². The summed E-state index contributed by atoms with van der Waals surface area (Å²) in [4.78, 5) is 15.4. The topological polar surface area (TPSA) is 43.8 Å². The summed E-state index contributed by atoms with van der Waals surface area (Å²) in [6, 6.07) is 8.41. The van der Waals surface area contributed by atoms with Crippen LogP contribution in [-0.4, -0.2) is 43.2 Å². The minimum absolute atomic E-state index is 0.230. The third-order valence-corrected chi connectivity index (χ3v) is 3.55. The average Bonchev–Trinajstić information content (AvgIpc) is 2.38. The molecule has 0 aliphatic carbocycles. The van der Waals surface area contributed by atoms with Gasteiger partial charge < -0.3 is 14.9 Å². The molecule has 104 valence electrons. The summed E-state index contributed by atoms with van der Waals surface area (Å²) in [6.07, 6.45) is 1.75. The summed E-state index contributed by atoms with van der Waals surface area (Å²) in [5.74, 6) is -0.902. The van der Waals surface area contributed by atoms with E-state index >= 15 is 0 Å². The van der Waals surface area contributed by atoms with Gasteiger partial charge in [-0.25, -0.2) is 0 Å². The van der Waals surface area contributed by atoms with Crippen molar-refractivity contribution in [2.24, 2.45) is 5.92 Å². The van der Waals surface area contributed by atoms with E-state index in [9.17, 15) is 4.79 Å². The van der Waals surface area contributed by atoms with Gasteiger partial charge in [0.2, 0.25) is 0 Å². The van der Waals surface area contributed by atoms with Gasteiger partial charge in [0.25, 0.3) is 0 Å². The number of hydrogen-bond donors (Lipinski definition) is 1. The van der Waals surface area contributed by atoms with Crippen LogP contribution in [0, 0.1) is 5.92 Å². The standard InChI is InChI=1S/C15H22N2O2/c1-16(2)10-12-5-3-7-14(9-12)17-8-4-6-13(11-17)15(18)19/h3,5,7,9,13H,4,6,8,10-11H2,1-2H3,(H,18,19). The van der Waals surface area contributed by atoms with E-state index in [0.717, 1.165) is 31.6 Å². The SMILES string of the molecule is CN(C)Cc1cccc(N2CCCC(C(=O)O)C2)c1. The molecule has 1 unspecified atom stereocenters. The quantitative estimate of drug-likeness (QED) is 0.902. The van der Waals surface area contributed by atoms with Gasteiger partial charge in [-0.15, -0.1) is 0 Å². The van der Waals surface area contributed by atoms with Crippen molar-refractivity contribution in [2.45, 2.75) is 19.4 Å². The minimum Gasteiger partial charge on any atom is -0.481 e. The van der Waals surface area contributed by atoms with Crippen LogP contribution in [0.3, 0.4) is 0 Å². The van der Waals surface area contributed by atoms with E-state index in [-0.39, 0.29) is 5.92 Å². The molecule has 1 aromatic rings. The molecule has 1 saturated heterocycles. The molecule has 0 spiro atoms. The molecule has 1 aliphatic heterocycles. The molecule has 1 heterocycles. The van der Waals surface area contributed by atoms with Gasteiger partial charge in [0, 0.05) is 25.3 Å². The van der Waals surface area contributed by atoms with Crippen LogP contribution in [-0.2, 0) is 11.3 Å². The Morgan fingerprint density at radius 3 is 2.95 bits per heavy atom. The zero-order valence-corrected chi connectivity index (χ0v) is 11.7. The fraction of sp³-hybridized carbons (Fsp3) is 0.533. The Hall–Kier alpha value is -1.55. The first-order chi connectivity index (χ1) is 9.06. The van der Waals surface area contributed by atoms with Crippen LogP contribution in [0.4, 0.5) is 5.69 Å². The van der Waals surface area contributed by atoms with Crippen molar-refractivity contribution >= 4 is 11.7 Å². The molecule has 2 rings (SSSR count). The number of aliphatic carboxylic acids is 1. The maximum Gasteiger partial charge on any atom is 0.308 e. The summed E-state index contributed by atoms with van der Waals surface area (Å²) < 4.78 is 0. The van der Waals surface area contributed by atoms with E-state index in [1.165, 1.54) is 5.56 Å². The smallest absolute Gasteiger partial charge is 0.308 e. The third-order valence-electron chi connectivity index (χ3n) is 3.55. The van der Waals surface area contributed by atoms with Crippen LogP contribution in [0.1, 0.15) is 18.4 Å². The zero-order chi connectivity index (χ0) is 13.8. The van der Waals surface area contributed by atoms with E-state index in [4.69, 9.17) is 5.11 Å². The van der Waals surface area contributed by atoms with E-state index in [1.807, 2.05) is 14.1 Å². The van der Waals surface area contributed by atoms with E-state index < -0.39 is 5.97 Å². The number of nitrogens with zero attached hydrogens (tertiary/aromatic N) is 2. The Morgan fingerprint density at radius 2 is 2.26 bits per heavy atom. The van der Waals surface area contributed by atoms with Crippen molar-refractivity contribution in [2.75, 3.05) is 32.1 Å². The molecule has 1 fully saturated rings. The second-order valence-electron chi connectivity index (χ2n) is 5.53. The van der Waals surface area contributed by atoms with Crippen LogP contribution in [0.5, 0.6) is 0 Å². The number of piperidine rings is 1. The molecule has 0 bridgehead atoms. The number of anilines is 1. The van der Waals surface area contributed by atoms with Gasteiger partial charge in [-0.05, 0) is 44.6 Å². The number of hydrogen-bond acceptors (Lipinski definition) is 3. The summed E-state index contributed by atoms with van der Waals surface area (Å²) in [5.41, 5.74) is 2.41. The van der Waals surface area contributed by atoms with Gasteiger partial charge in [-0.1, -0.05) is 12.1 Å². The van der Waals surface area contributed by atoms with Crippen molar-refractivity contribution in [1.29, 1.82) is 0 Å². The fourth-order valence-electron chi connectivity index (χ4n) is 2.63. The molecule has 4 heteroatoms. The number of benzene rings is 1. The molecule has 0 radical (unpaired) electrons. The monoisotopic (exact) mass is 262 g/mol. The van der Waals surface area contributed by atoms with E-state index in [1.54, 1.807) is 0 Å². The molecule has 19 heavy (non-hydrogen) atoms. The number of carboxylic acid groups (broad SMARTS) is 1. The molecule has 1 N–H and O–H groups in total. The Balaban J connectivity index is 2.10. The lowest BCUT2D eigenvalue weighted by atomic mass is 9.97. The summed E-state index contributed by atoms with van der Waals surface area (Å²) >= 11 is 0. The first-order valence-corrected chi connectivity index (χ1v) is 6.77. The van der Waals surface area contributed by atoms with E-state index in [0.29, 0.717) is 6.54 Å². The molecule has 1 aliphatic rings. The Bertz CT molecular complexity index is 446. The van der Waals surface area contributed by atoms with Crippen molar-refractivity contribution in [3.63, 3.8) is 0 Å². The van der Waals surface area contributed by atoms with Crippen molar-refractivity contribution in [3.05, 3.63) is 29.8 Å². The normalized spacial score (nSPS) is 19.7. The number of carboxylic acids is 1. The molecule has 1 aromatic carbocycles. The lowest BCUT2D eigenvalue weighted by Gasteiger charge is -2.32. The lowest BCUT2D eigenvalue weighted by molar-refractivity contribution is -0.141. The fourth-order valence-corrected chi connectivity index (χ4v) is 2.63. The Kier molecular flexibility index (Phi) is 4.43. The lowest BCUT2D eigenvalue weighted by Crippen LogP contribution is -2.38. The maximum atomic E-state index is 11.1. The summed E-state index contributed by atoms with van der Waals surface area (Å²) in [5, 5.41) is 9.14. The highest BCUT2D eigenvalue weighted by Gasteiger charge is 2.25. The molecule has 0 aromatic heterocycles. The second-order valence-corrected chi connectivity index (χ2v) is 5.53. The molecule has 0 saturated carbocycles. The van der Waals surface area contributed by atoms with Gasteiger partial charge in [0.1, 0.15) is 0 Å². The molecular weight excluding hydrogens is 240 g/mol. The summed E-state index contributed by atoms with van der Waals surface area (Å²) in [7, 11) is 4.10. The number of rotatable bonds is 4. The van der Waals surface area contributed by atoms with Crippen molar-refractivity contribution < 1.29 is 9.90 Å². The van der Waals surface area contributed by atoms with Gasteiger partial charge >= 0.3 is 5.97 Å². The maximum absolute atomic E-state index is 11.1. The van der Waals surface area contributed by atoms with Crippen LogP contribution in [0.25, 0.3) is 0 Å². The van der Waals surface area contributed by atoms with Gasteiger partial charge in [-0.3, -0.25) is 4.79 Å². The molecule has 4 nitrogen and oxygen atoms in total. The first kappa shape index (κ1) is 13.9. The van der Waals surface area contributed by atoms with Gasteiger partial charge in [0.05, 0.1) is 5.92 Å².